The summed E-state index contributed by atoms with van der Waals surface area (Å²) >= 11 is 18.1. The number of benzene rings is 1. The molecule has 0 saturated heterocycles. The van der Waals surface area contributed by atoms with E-state index < -0.39 is 0 Å². The van der Waals surface area contributed by atoms with E-state index in [0.29, 0.717) is 21.5 Å². The molecular formula is C13H12Cl3N3. The van der Waals surface area contributed by atoms with Crippen LogP contribution in [0.3, 0.4) is 0 Å². The molecule has 0 radical (unpaired) electrons. The van der Waals surface area contributed by atoms with Crippen molar-refractivity contribution in [2.75, 3.05) is 0 Å². The highest BCUT2D eigenvalue weighted by Crippen LogP contribution is 2.28. The Labute approximate surface area is 126 Å². The highest BCUT2D eigenvalue weighted by molar-refractivity contribution is 6.36. The fraction of sp³-hybridized carbons (Fsp3) is 0.154. The highest BCUT2D eigenvalue weighted by atomic mass is 35.5. The van der Waals surface area contributed by atoms with Gasteiger partial charge in [0.25, 0.3) is 0 Å². The summed E-state index contributed by atoms with van der Waals surface area (Å²) in [5, 5.41) is 1.80. The molecule has 0 spiro atoms. The smallest absolute Gasteiger partial charge is 0.0673 e. The van der Waals surface area contributed by atoms with E-state index in [-0.39, 0.29) is 6.04 Å². The predicted octanol–water partition coefficient (Wildman–Crippen LogP) is 3.79. The predicted molar refractivity (Wildman–Crippen MR) is 79.5 cm³/mol. The Balaban J connectivity index is 2.26. The van der Waals surface area contributed by atoms with Gasteiger partial charge < -0.3 is 0 Å². The Morgan fingerprint density at radius 3 is 2.32 bits per heavy atom. The summed E-state index contributed by atoms with van der Waals surface area (Å²) in [6.07, 6.45) is 2.12. The van der Waals surface area contributed by atoms with Gasteiger partial charge in [0.15, 0.2) is 0 Å². The molecule has 19 heavy (non-hydrogen) atoms. The number of aromatic nitrogens is 1. The summed E-state index contributed by atoms with van der Waals surface area (Å²) in [6.45, 7) is 0. The topological polar surface area (TPSA) is 50.9 Å². The van der Waals surface area contributed by atoms with Crippen LogP contribution in [0.2, 0.25) is 15.1 Å². The van der Waals surface area contributed by atoms with Gasteiger partial charge in [0, 0.05) is 16.2 Å². The number of pyridine rings is 1. The van der Waals surface area contributed by atoms with E-state index in [1.165, 1.54) is 0 Å². The lowest BCUT2D eigenvalue weighted by atomic mass is 10.0. The first-order chi connectivity index (χ1) is 9.11. The zero-order chi connectivity index (χ0) is 13.8. The van der Waals surface area contributed by atoms with Gasteiger partial charge >= 0.3 is 0 Å². The summed E-state index contributed by atoms with van der Waals surface area (Å²) in [4.78, 5) is 4.24. The van der Waals surface area contributed by atoms with Crippen LogP contribution in [0.4, 0.5) is 0 Å². The number of hydrogen-bond acceptors (Lipinski definition) is 3. The molecule has 0 aliphatic carbocycles. The van der Waals surface area contributed by atoms with Gasteiger partial charge in [-0.1, -0.05) is 40.9 Å². The van der Waals surface area contributed by atoms with Crippen molar-refractivity contribution in [1.82, 2.24) is 10.4 Å². The van der Waals surface area contributed by atoms with Crippen LogP contribution in [0.5, 0.6) is 0 Å². The van der Waals surface area contributed by atoms with Crippen molar-refractivity contribution in [1.29, 1.82) is 0 Å². The molecule has 0 amide bonds. The van der Waals surface area contributed by atoms with Crippen LogP contribution in [0, 0.1) is 0 Å². The van der Waals surface area contributed by atoms with Gasteiger partial charge in [-0.2, -0.15) is 0 Å². The lowest BCUT2D eigenvalue weighted by molar-refractivity contribution is 0.538. The second-order valence-electron chi connectivity index (χ2n) is 4.02. The molecule has 6 heteroatoms. The third kappa shape index (κ3) is 3.59. The molecule has 1 atom stereocenters. The molecule has 1 aromatic heterocycles. The van der Waals surface area contributed by atoms with E-state index in [4.69, 9.17) is 40.6 Å². The van der Waals surface area contributed by atoms with Crippen molar-refractivity contribution in [2.45, 2.75) is 12.5 Å². The average Bonchev–Trinajstić information content (AvgIpc) is 2.40. The number of nitrogens with one attached hydrogen (secondary N) is 1. The fourth-order valence-electron chi connectivity index (χ4n) is 1.77. The first kappa shape index (κ1) is 14.6. The van der Waals surface area contributed by atoms with E-state index in [0.717, 1.165) is 11.3 Å². The lowest BCUT2D eigenvalue weighted by Crippen LogP contribution is -2.30. The first-order valence-electron chi connectivity index (χ1n) is 5.62. The zero-order valence-corrected chi connectivity index (χ0v) is 12.2. The summed E-state index contributed by atoms with van der Waals surface area (Å²) in [5.41, 5.74) is 4.34. The maximum Gasteiger partial charge on any atom is 0.0673 e. The third-order valence-electron chi connectivity index (χ3n) is 2.78. The molecule has 1 heterocycles. The third-order valence-corrected chi connectivity index (χ3v) is 3.71. The number of halogens is 3. The Hall–Kier alpha value is -0.840. The van der Waals surface area contributed by atoms with E-state index >= 15 is 0 Å². The molecule has 100 valence electrons. The van der Waals surface area contributed by atoms with Gasteiger partial charge in [-0.05, 0) is 36.2 Å². The Morgan fingerprint density at radius 2 is 1.79 bits per heavy atom. The quantitative estimate of drug-likeness (QED) is 0.666. The lowest BCUT2D eigenvalue weighted by Gasteiger charge is -2.17. The van der Waals surface area contributed by atoms with E-state index in [9.17, 15) is 0 Å². The molecule has 0 aliphatic heterocycles. The Kier molecular flexibility index (Phi) is 5.02. The van der Waals surface area contributed by atoms with Gasteiger partial charge in [-0.15, -0.1) is 0 Å². The molecular weight excluding hydrogens is 305 g/mol. The largest absolute Gasteiger partial charge is 0.271 e. The van der Waals surface area contributed by atoms with Crippen LogP contribution in [0.25, 0.3) is 0 Å². The normalized spacial score (nSPS) is 12.4. The van der Waals surface area contributed by atoms with Crippen LogP contribution in [0.1, 0.15) is 17.3 Å². The molecule has 0 fully saturated rings. The molecule has 0 saturated carbocycles. The molecule has 0 aliphatic rings. The van der Waals surface area contributed by atoms with Gasteiger partial charge in [0.2, 0.25) is 0 Å². The van der Waals surface area contributed by atoms with Crippen LogP contribution in [-0.2, 0) is 6.42 Å². The van der Waals surface area contributed by atoms with Crippen LogP contribution < -0.4 is 11.3 Å². The summed E-state index contributed by atoms with van der Waals surface area (Å²) in [7, 11) is 0. The summed E-state index contributed by atoms with van der Waals surface area (Å²) in [5.74, 6) is 5.58. The van der Waals surface area contributed by atoms with Gasteiger partial charge in [0.05, 0.1) is 16.8 Å². The van der Waals surface area contributed by atoms with Gasteiger partial charge in [0.1, 0.15) is 0 Å². The monoisotopic (exact) mass is 315 g/mol. The van der Waals surface area contributed by atoms with E-state index in [1.54, 1.807) is 30.5 Å². The minimum Gasteiger partial charge on any atom is -0.271 e. The molecule has 3 N–H and O–H groups in total. The minimum atomic E-state index is -0.185. The molecule has 1 aromatic carbocycles. The summed E-state index contributed by atoms with van der Waals surface area (Å²) < 4.78 is 0. The van der Waals surface area contributed by atoms with Crippen molar-refractivity contribution in [3.63, 3.8) is 0 Å². The van der Waals surface area contributed by atoms with Crippen molar-refractivity contribution in [3.8, 4) is 0 Å². The second-order valence-corrected chi connectivity index (χ2v) is 5.28. The van der Waals surface area contributed by atoms with Crippen molar-refractivity contribution < 1.29 is 0 Å². The minimum absolute atomic E-state index is 0.185. The van der Waals surface area contributed by atoms with Crippen molar-refractivity contribution in [2.24, 2.45) is 5.84 Å². The maximum absolute atomic E-state index is 6.15. The van der Waals surface area contributed by atoms with Gasteiger partial charge in [-0.3, -0.25) is 16.3 Å². The van der Waals surface area contributed by atoms with E-state index in [1.807, 2.05) is 6.07 Å². The molecule has 1 unspecified atom stereocenters. The standard InChI is InChI=1S/C13H12Cl3N3/c14-8-4-5-12(18-7-8)13(19-17)6-9-10(15)2-1-3-11(9)16/h1-5,7,13,19H,6,17H2. The van der Waals surface area contributed by atoms with Gasteiger partial charge in [-0.25, -0.2) is 0 Å². The Bertz CT molecular complexity index is 537. The number of nitrogens with two attached hydrogens (primary N) is 1. The Morgan fingerprint density at radius 1 is 1.11 bits per heavy atom. The molecule has 0 bridgehead atoms. The second kappa shape index (κ2) is 6.55. The fourth-order valence-corrected chi connectivity index (χ4v) is 2.44. The number of rotatable bonds is 4. The molecule has 3 nitrogen and oxygen atoms in total. The zero-order valence-electron chi connectivity index (χ0n) is 9.91. The maximum atomic E-state index is 6.15. The molecule has 2 rings (SSSR count). The average molecular weight is 317 g/mol. The highest BCUT2D eigenvalue weighted by Gasteiger charge is 2.16. The number of hydrogen-bond donors (Lipinski definition) is 2. The van der Waals surface area contributed by atoms with E-state index in [2.05, 4.69) is 10.4 Å². The SMILES string of the molecule is NNC(Cc1c(Cl)cccc1Cl)c1ccc(Cl)cn1. The first-order valence-corrected chi connectivity index (χ1v) is 6.75. The van der Waals surface area contributed by atoms with Crippen molar-refractivity contribution >= 4 is 34.8 Å². The van der Waals surface area contributed by atoms with Crippen LogP contribution >= 0.6 is 34.8 Å². The number of nitrogens with zero attached hydrogens (tertiary/aromatic N) is 1. The molecule has 2 aromatic rings. The van der Waals surface area contributed by atoms with Crippen LogP contribution in [-0.4, -0.2) is 4.98 Å². The van der Waals surface area contributed by atoms with Crippen LogP contribution in [0.15, 0.2) is 36.5 Å². The summed E-state index contributed by atoms with van der Waals surface area (Å²) in [6, 6.07) is 8.80. The number of hydrazine groups is 1. The van der Waals surface area contributed by atoms with Crippen molar-refractivity contribution in [3.05, 3.63) is 62.9 Å².